The smallest absolute Gasteiger partial charge is 0.306 e. The molecule has 3 rings (SSSR count). The van der Waals surface area contributed by atoms with Crippen LogP contribution < -0.4 is 9.47 Å². The maximum atomic E-state index is 13.8. The van der Waals surface area contributed by atoms with Gasteiger partial charge < -0.3 is 19.5 Å². The van der Waals surface area contributed by atoms with Crippen LogP contribution in [-0.4, -0.2) is 50.3 Å². The Labute approximate surface area is 202 Å². The third-order valence-corrected chi connectivity index (χ3v) is 7.28. The molecular weight excluding hydrogens is 433 g/mol. The molecule has 2 aromatic rings. The second-order valence-corrected chi connectivity index (χ2v) is 9.79. The molecule has 34 heavy (non-hydrogen) atoms. The maximum absolute atomic E-state index is 13.8. The molecule has 0 bridgehead atoms. The zero-order valence-corrected chi connectivity index (χ0v) is 21.0. The average Bonchev–Trinajstić information content (AvgIpc) is 2.81. The number of halogens is 1. The maximum Gasteiger partial charge on any atom is 0.306 e. The van der Waals surface area contributed by atoms with Gasteiger partial charge in [0, 0.05) is 6.54 Å². The van der Waals surface area contributed by atoms with Crippen LogP contribution >= 0.6 is 0 Å². The van der Waals surface area contributed by atoms with Crippen molar-refractivity contribution >= 4 is 5.97 Å². The van der Waals surface area contributed by atoms with Crippen LogP contribution in [0, 0.1) is 23.6 Å². The topological polar surface area (TPSA) is 59.0 Å². The summed E-state index contributed by atoms with van der Waals surface area (Å²) in [6.45, 7) is 5.82. The van der Waals surface area contributed by atoms with E-state index in [2.05, 4.69) is 18.7 Å². The number of hydrogen-bond donors (Lipinski definition) is 1. The zero-order chi connectivity index (χ0) is 24.8. The number of carboxylic acid groups (broad SMARTS) is 1. The summed E-state index contributed by atoms with van der Waals surface area (Å²) in [5.74, 6) is 0.525. The van der Waals surface area contributed by atoms with Crippen molar-refractivity contribution in [2.45, 2.75) is 45.4 Å². The van der Waals surface area contributed by atoms with Gasteiger partial charge in [-0.2, -0.15) is 0 Å². The lowest BCUT2D eigenvalue weighted by Gasteiger charge is -2.39. The van der Waals surface area contributed by atoms with Gasteiger partial charge >= 0.3 is 5.97 Å². The van der Waals surface area contributed by atoms with Crippen LogP contribution in [0.1, 0.15) is 49.3 Å². The molecule has 0 heterocycles. The van der Waals surface area contributed by atoms with Gasteiger partial charge in [0.25, 0.3) is 0 Å². The number of hydrogen-bond acceptors (Lipinski definition) is 4. The van der Waals surface area contributed by atoms with Gasteiger partial charge in [-0.3, -0.25) is 4.79 Å². The summed E-state index contributed by atoms with van der Waals surface area (Å²) in [6.07, 6.45) is 2.96. The second kappa shape index (κ2) is 11.7. The van der Waals surface area contributed by atoms with Crippen molar-refractivity contribution in [1.29, 1.82) is 0 Å². The van der Waals surface area contributed by atoms with Gasteiger partial charge in [-0.15, -0.1) is 0 Å². The third-order valence-electron chi connectivity index (χ3n) is 7.28. The Morgan fingerprint density at radius 3 is 2.50 bits per heavy atom. The first-order valence-corrected chi connectivity index (χ1v) is 12.2. The number of likely N-dealkylation sites (N-methyl/N-ethyl adjacent to an activating group) is 1. The molecule has 5 nitrogen and oxygen atoms in total. The van der Waals surface area contributed by atoms with E-state index in [1.54, 1.807) is 20.3 Å². The van der Waals surface area contributed by atoms with E-state index in [1.807, 2.05) is 31.3 Å². The Morgan fingerprint density at radius 1 is 1.12 bits per heavy atom. The summed E-state index contributed by atoms with van der Waals surface area (Å²) >= 11 is 0. The minimum Gasteiger partial charge on any atom is -0.493 e. The van der Waals surface area contributed by atoms with Gasteiger partial charge in [-0.1, -0.05) is 26.0 Å². The van der Waals surface area contributed by atoms with E-state index in [0.29, 0.717) is 30.4 Å². The molecule has 2 aromatic carbocycles. The number of benzene rings is 2. The lowest BCUT2D eigenvalue weighted by molar-refractivity contribution is -0.145. The normalized spacial score (nSPS) is 18.6. The largest absolute Gasteiger partial charge is 0.493 e. The number of nitrogens with zero attached hydrogens (tertiary/aromatic N) is 1. The number of ether oxygens (including phenoxy) is 2. The standard InChI is InChI=1S/C28H38FNO4/c1-18(2)27-22-10-8-21(29)17-20(22)7-9-23(27)24(28(31)32)13-15-30(3)14-12-19-6-11-25(33-4)26(16-19)34-5/h6,8,10-11,16-18,23-24,27H,7,9,12-15H2,1-5H3,(H,31,32)/t23?,24-,27+/m1/s1. The van der Waals surface area contributed by atoms with Gasteiger partial charge in [0.2, 0.25) is 0 Å². The number of aryl methyl sites for hydroxylation is 1. The van der Waals surface area contributed by atoms with Gasteiger partial charge in [-0.05, 0) is 98.0 Å². The van der Waals surface area contributed by atoms with E-state index in [1.165, 1.54) is 6.07 Å². The summed E-state index contributed by atoms with van der Waals surface area (Å²) in [5.41, 5.74) is 3.31. The highest BCUT2D eigenvalue weighted by atomic mass is 19.1. The summed E-state index contributed by atoms with van der Waals surface area (Å²) in [6, 6.07) is 10.9. The van der Waals surface area contributed by atoms with Crippen LogP contribution in [0.5, 0.6) is 11.5 Å². The number of carboxylic acids is 1. The predicted octanol–water partition coefficient (Wildman–Crippen LogP) is 5.41. The molecular formula is C28H38FNO4. The molecule has 0 saturated heterocycles. The Hall–Kier alpha value is -2.60. The van der Waals surface area contributed by atoms with E-state index >= 15 is 0 Å². The monoisotopic (exact) mass is 471 g/mol. The molecule has 1 unspecified atom stereocenters. The van der Waals surface area contributed by atoms with Crippen LogP contribution in [0.25, 0.3) is 0 Å². The molecule has 0 saturated carbocycles. The number of fused-ring (bicyclic) bond motifs is 1. The van der Waals surface area contributed by atoms with Gasteiger partial charge in [0.1, 0.15) is 5.82 Å². The van der Waals surface area contributed by atoms with Crippen LogP contribution in [0.4, 0.5) is 4.39 Å². The molecule has 0 amide bonds. The van der Waals surface area contributed by atoms with E-state index in [-0.39, 0.29) is 17.7 Å². The zero-order valence-electron chi connectivity index (χ0n) is 21.0. The summed E-state index contributed by atoms with van der Waals surface area (Å²) in [7, 11) is 5.29. The molecule has 186 valence electrons. The van der Waals surface area contributed by atoms with Gasteiger partial charge in [0.15, 0.2) is 11.5 Å². The number of rotatable bonds is 11. The highest BCUT2D eigenvalue weighted by Crippen LogP contribution is 2.45. The van der Waals surface area contributed by atoms with E-state index in [4.69, 9.17) is 9.47 Å². The summed E-state index contributed by atoms with van der Waals surface area (Å²) in [4.78, 5) is 14.5. The van der Waals surface area contributed by atoms with E-state index in [0.717, 1.165) is 42.5 Å². The first-order valence-electron chi connectivity index (χ1n) is 12.2. The fourth-order valence-electron chi connectivity index (χ4n) is 5.50. The van der Waals surface area contributed by atoms with Crippen LogP contribution in [0.15, 0.2) is 36.4 Å². The lowest BCUT2D eigenvalue weighted by atomic mass is 9.65. The van der Waals surface area contributed by atoms with Crippen molar-refractivity contribution in [3.05, 3.63) is 58.9 Å². The SMILES string of the molecule is COc1ccc(CCN(C)CC[C@@H](C(=O)O)C2CCc3cc(F)ccc3[C@@H]2C(C)C)cc1OC. The molecule has 3 atom stereocenters. The van der Waals surface area contributed by atoms with Crippen molar-refractivity contribution in [2.75, 3.05) is 34.4 Å². The number of carbonyl (C=O) groups is 1. The third kappa shape index (κ3) is 6.09. The van der Waals surface area contributed by atoms with Crippen LogP contribution in [0.3, 0.4) is 0 Å². The van der Waals surface area contributed by atoms with Crippen molar-refractivity contribution < 1.29 is 23.8 Å². The summed E-state index contributed by atoms with van der Waals surface area (Å²) in [5, 5.41) is 10.1. The minimum atomic E-state index is -0.727. The quantitative estimate of drug-likeness (QED) is 0.475. The van der Waals surface area contributed by atoms with Gasteiger partial charge in [-0.25, -0.2) is 4.39 Å². The van der Waals surface area contributed by atoms with Crippen molar-refractivity contribution in [3.63, 3.8) is 0 Å². The molecule has 1 N–H and O–H groups in total. The average molecular weight is 472 g/mol. The van der Waals surface area contributed by atoms with Crippen LogP contribution in [0.2, 0.25) is 0 Å². The highest BCUT2D eigenvalue weighted by molar-refractivity contribution is 5.70. The highest BCUT2D eigenvalue weighted by Gasteiger charge is 2.39. The minimum absolute atomic E-state index is 0.0507. The first-order chi connectivity index (χ1) is 16.2. The summed E-state index contributed by atoms with van der Waals surface area (Å²) < 4.78 is 24.5. The lowest BCUT2D eigenvalue weighted by Crippen LogP contribution is -2.36. The second-order valence-electron chi connectivity index (χ2n) is 9.79. The first kappa shape index (κ1) is 26.0. The number of methoxy groups -OCH3 is 2. The molecule has 0 aliphatic heterocycles. The Morgan fingerprint density at radius 2 is 1.85 bits per heavy atom. The van der Waals surface area contributed by atoms with Crippen molar-refractivity contribution in [3.8, 4) is 11.5 Å². The molecule has 0 radical (unpaired) electrons. The van der Waals surface area contributed by atoms with Crippen LogP contribution in [-0.2, 0) is 17.6 Å². The van der Waals surface area contributed by atoms with Gasteiger partial charge in [0.05, 0.1) is 20.1 Å². The molecule has 1 aliphatic carbocycles. The Balaban J connectivity index is 1.64. The van der Waals surface area contributed by atoms with E-state index < -0.39 is 11.9 Å². The Kier molecular flexibility index (Phi) is 8.95. The number of aliphatic carboxylic acids is 1. The molecule has 1 aliphatic rings. The fourth-order valence-corrected chi connectivity index (χ4v) is 5.50. The molecule has 0 spiro atoms. The fraction of sp³-hybridized carbons (Fsp3) is 0.536. The van der Waals surface area contributed by atoms with Crippen molar-refractivity contribution in [2.24, 2.45) is 17.8 Å². The Bertz CT molecular complexity index is 977. The molecule has 0 aromatic heterocycles. The van der Waals surface area contributed by atoms with Crippen molar-refractivity contribution in [1.82, 2.24) is 4.90 Å². The van der Waals surface area contributed by atoms with E-state index in [9.17, 15) is 14.3 Å². The molecule has 0 fully saturated rings. The molecule has 6 heteroatoms. The predicted molar refractivity (Wildman–Crippen MR) is 132 cm³/mol.